The summed E-state index contributed by atoms with van der Waals surface area (Å²) in [6.45, 7) is 6.36. The molecule has 0 radical (unpaired) electrons. The molecule has 166 valence electrons. The number of carbonyl (C=O) groups excluding carboxylic acids is 2. The van der Waals surface area contributed by atoms with E-state index >= 15 is 0 Å². The van der Waals surface area contributed by atoms with E-state index in [0.717, 1.165) is 11.4 Å². The van der Waals surface area contributed by atoms with Crippen LogP contribution < -0.4 is 19.7 Å². The lowest BCUT2D eigenvalue weighted by Gasteiger charge is -2.38. The van der Waals surface area contributed by atoms with Gasteiger partial charge in [-0.05, 0) is 30.2 Å². The highest BCUT2D eigenvalue weighted by Gasteiger charge is 2.31. The van der Waals surface area contributed by atoms with Crippen molar-refractivity contribution in [3.05, 3.63) is 54.6 Å². The topological polar surface area (TPSA) is 71.1 Å². The third-order valence-corrected chi connectivity index (χ3v) is 5.38. The van der Waals surface area contributed by atoms with E-state index in [1.807, 2.05) is 61.2 Å². The quantitative estimate of drug-likeness (QED) is 0.704. The zero-order valence-corrected chi connectivity index (χ0v) is 18.4. The Bertz CT molecular complexity index is 864. The maximum absolute atomic E-state index is 13.1. The van der Waals surface area contributed by atoms with Crippen LogP contribution in [0.3, 0.4) is 0 Å². The Morgan fingerprint density at radius 2 is 1.61 bits per heavy atom. The molecule has 1 heterocycles. The molecule has 7 nitrogen and oxygen atoms in total. The molecule has 31 heavy (non-hydrogen) atoms. The van der Waals surface area contributed by atoms with Crippen LogP contribution in [0.25, 0.3) is 0 Å². The Morgan fingerprint density at radius 1 is 0.968 bits per heavy atom. The summed E-state index contributed by atoms with van der Waals surface area (Å²) in [6.07, 6.45) is 0. The summed E-state index contributed by atoms with van der Waals surface area (Å²) in [7, 11) is 1.66. The third-order valence-electron chi connectivity index (χ3n) is 5.38. The molecule has 1 N–H and O–H groups in total. The summed E-state index contributed by atoms with van der Waals surface area (Å²) >= 11 is 0. The van der Waals surface area contributed by atoms with Gasteiger partial charge in [0.15, 0.2) is 6.61 Å². The van der Waals surface area contributed by atoms with Gasteiger partial charge in [-0.15, -0.1) is 0 Å². The molecule has 1 fully saturated rings. The van der Waals surface area contributed by atoms with E-state index < -0.39 is 6.04 Å². The molecular weight excluding hydrogens is 394 g/mol. The van der Waals surface area contributed by atoms with E-state index in [4.69, 9.17) is 9.47 Å². The monoisotopic (exact) mass is 425 g/mol. The Hall–Kier alpha value is -3.22. The highest BCUT2D eigenvalue weighted by atomic mass is 16.5. The minimum Gasteiger partial charge on any atom is -0.495 e. The zero-order valence-electron chi connectivity index (χ0n) is 18.4. The second kappa shape index (κ2) is 10.7. The van der Waals surface area contributed by atoms with Gasteiger partial charge in [0.1, 0.15) is 17.5 Å². The normalized spacial score (nSPS) is 14.8. The fraction of sp³-hybridized carbons (Fsp3) is 0.417. The van der Waals surface area contributed by atoms with Crippen molar-refractivity contribution in [2.75, 3.05) is 44.8 Å². The van der Waals surface area contributed by atoms with Gasteiger partial charge in [-0.25, -0.2) is 0 Å². The predicted molar refractivity (Wildman–Crippen MR) is 120 cm³/mol. The highest BCUT2D eigenvalue weighted by Crippen LogP contribution is 2.28. The number of nitrogens with zero attached hydrogens (tertiary/aromatic N) is 2. The first-order valence-corrected chi connectivity index (χ1v) is 10.6. The first-order valence-electron chi connectivity index (χ1n) is 10.6. The number of benzene rings is 2. The van der Waals surface area contributed by atoms with Crippen LogP contribution in [-0.2, 0) is 9.59 Å². The second-order valence-electron chi connectivity index (χ2n) is 7.88. The summed E-state index contributed by atoms with van der Waals surface area (Å²) in [6, 6.07) is 16.5. The minimum absolute atomic E-state index is 0.0274. The second-order valence-corrected chi connectivity index (χ2v) is 7.88. The van der Waals surface area contributed by atoms with Crippen LogP contribution in [0.5, 0.6) is 11.5 Å². The lowest BCUT2D eigenvalue weighted by atomic mass is 10.0. The molecule has 2 aromatic rings. The molecule has 0 saturated carbocycles. The van der Waals surface area contributed by atoms with Gasteiger partial charge < -0.3 is 24.6 Å². The lowest BCUT2D eigenvalue weighted by Crippen LogP contribution is -2.57. The molecule has 1 aliphatic rings. The van der Waals surface area contributed by atoms with E-state index in [9.17, 15) is 9.59 Å². The van der Waals surface area contributed by atoms with Crippen molar-refractivity contribution in [3.63, 3.8) is 0 Å². The van der Waals surface area contributed by atoms with Gasteiger partial charge in [-0.1, -0.05) is 44.2 Å². The van der Waals surface area contributed by atoms with Crippen molar-refractivity contribution in [1.82, 2.24) is 10.2 Å². The average molecular weight is 426 g/mol. The van der Waals surface area contributed by atoms with Gasteiger partial charge in [0, 0.05) is 26.2 Å². The van der Waals surface area contributed by atoms with Gasteiger partial charge in [-0.3, -0.25) is 9.59 Å². The Labute approximate surface area is 183 Å². The van der Waals surface area contributed by atoms with Gasteiger partial charge in [0.25, 0.3) is 5.91 Å². The van der Waals surface area contributed by atoms with Crippen LogP contribution in [0.15, 0.2) is 54.6 Å². The fourth-order valence-corrected chi connectivity index (χ4v) is 3.65. The Kier molecular flexibility index (Phi) is 7.76. The molecule has 2 aromatic carbocycles. The van der Waals surface area contributed by atoms with E-state index in [0.29, 0.717) is 31.9 Å². The molecule has 1 saturated heterocycles. The standard InChI is InChI=1S/C24H31N3O4/c1-18(2)23(25-22(28)17-31-19-9-5-4-6-10-19)24(29)27-15-13-26(14-16-27)20-11-7-8-12-21(20)30-3/h4-12,18,23H,13-17H2,1-3H3,(H,25,28)/t23-/m0/s1. The van der Waals surface area contributed by atoms with Crippen molar-refractivity contribution in [2.45, 2.75) is 19.9 Å². The summed E-state index contributed by atoms with van der Waals surface area (Å²) in [5, 5.41) is 2.86. The van der Waals surface area contributed by atoms with Crippen LogP contribution >= 0.6 is 0 Å². The molecule has 0 aliphatic carbocycles. The van der Waals surface area contributed by atoms with E-state index in [1.54, 1.807) is 19.2 Å². The van der Waals surface area contributed by atoms with Crippen molar-refractivity contribution >= 4 is 17.5 Å². The summed E-state index contributed by atoms with van der Waals surface area (Å²) in [4.78, 5) is 29.6. The SMILES string of the molecule is COc1ccccc1N1CCN(C(=O)[C@@H](NC(=O)COc2ccccc2)C(C)C)CC1. The maximum Gasteiger partial charge on any atom is 0.258 e. The molecule has 3 rings (SSSR count). The van der Waals surface area contributed by atoms with E-state index in [-0.39, 0.29) is 24.3 Å². The van der Waals surface area contributed by atoms with Crippen LogP contribution in [0.2, 0.25) is 0 Å². The Balaban J connectivity index is 1.55. The number of hydrogen-bond donors (Lipinski definition) is 1. The highest BCUT2D eigenvalue weighted by molar-refractivity contribution is 5.88. The van der Waals surface area contributed by atoms with Crippen molar-refractivity contribution < 1.29 is 19.1 Å². The molecule has 7 heteroatoms. The minimum atomic E-state index is -0.579. The number of amides is 2. The summed E-state index contributed by atoms with van der Waals surface area (Å²) < 4.78 is 11.0. The number of rotatable bonds is 8. The first kappa shape index (κ1) is 22.5. The number of anilines is 1. The predicted octanol–water partition coefficient (Wildman–Crippen LogP) is 2.56. The zero-order chi connectivity index (χ0) is 22.2. The van der Waals surface area contributed by atoms with Gasteiger partial charge >= 0.3 is 0 Å². The number of methoxy groups -OCH3 is 1. The molecule has 0 aromatic heterocycles. The maximum atomic E-state index is 13.1. The van der Waals surface area contributed by atoms with E-state index in [1.165, 1.54) is 0 Å². The molecule has 1 atom stereocenters. The number of ether oxygens (including phenoxy) is 2. The molecule has 0 unspecified atom stereocenters. The molecule has 0 bridgehead atoms. The largest absolute Gasteiger partial charge is 0.495 e. The van der Waals surface area contributed by atoms with E-state index in [2.05, 4.69) is 10.2 Å². The van der Waals surface area contributed by atoms with Crippen molar-refractivity contribution in [2.24, 2.45) is 5.92 Å². The first-order chi connectivity index (χ1) is 15.0. The van der Waals surface area contributed by atoms with Crippen LogP contribution in [0, 0.1) is 5.92 Å². The van der Waals surface area contributed by atoms with Gasteiger partial charge in [-0.2, -0.15) is 0 Å². The van der Waals surface area contributed by atoms with Gasteiger partial charge in [0.2, 0.25) is 5.91 Å². The van der Waals surface area contributed by atoms with Crippen LogP contribution in [0.1, 0.15) is 13.8 Å². The molecule has 1 aliphatic heterocycles. The summed E-state index contributed by atoms with van der Waals surface area (Å²) in [5.41, 5.74) is 1.03. The third kappa shape index (κ3) is 5.90. The number of para-hydroxylation sites is 3. The molecular formula is C24H31N3O4. The van der Waals surface area contributed by atoms with Crippen molar-refractivity contribution in [1.29, 1.82) is 0 Å². The Morgan fingerprint density at radius 3 is 2.26 bits per heavy atom. The molecule has 2 amide bonds. The van der Waals surface area contributed by atoms with Gasteiger partial charge in [0.05, 0.1) is 12.8 Å². The smallest absolute Gasteiger partial charge is 0.258 e. The number of hydrogen-bond acceptors (Lipinski definition) is 5. The summed E-state index contributed by atoms with van der Waals surface area (Å²) in [5.74, 6) is 1.07. The lowest BCUT2D eigenvalue weighted by molar-refractivity contribution is -0.138. The number of piperazine rings is 1. The number of carbonyl (C=O) groups is 2. The number of nitrogens with one attached hydrogen (secondary N) is 1. The average Bonchev–Trinajstić information content (AvgIpc) is 2.81. The van der Waals surface area contributed by atoms with Crippen molar-refractivity contribution in [3.8, 4) is 11.5 Å². The fourth-order valence-electron chi connectivity index (χ4n) is 3.65. The van der Waals surface area contributed by atoms with Crippen LogP contribution in [-0.4, -0.2) is 62.7 Å². The molecule has 0 spiro atoms. The van der Waals surface area contributed by atoms with Crippen LogP contribution in [0.4, 0.5) is 5.69 Å².